The van der Waals surface area contributed by atoms with E-state index in [9.17, 15) is 0 Å². The lowest BCUT2D eigenvalue weighted by Gasteiger charge is -2.13. The second-order valence-electron chi connectivity index (χ2n) is 11.8. The number of hydrogen-bond donors (Lipinski definition) is 0. The summed E-state index contributed by atoms with van der Waals surface area (Å²) in [6.45, 7) is 0. The van der Waals surface area contributed by atoms with Crippen LogP contribution in [-0.2, 0) is 0 Å². The minimum Gasteiger partial charge on any atom is -0.254 e. The fraction of sp³-hybridized carbons (Fsp3) is 0. The van der Waals surface area contributed by atoms with Gasteiger partial charge in [-0.15, -0.1) is 22.7 Å². The zero-order chi connectivity index (χ0) is 30.2. The largest absolute Gasteiger partial charge is 0.254 e. The van der Waals surface area contributed by atoms with E-state index < -0.39 is 0 Å². The van der Waals surface area contributed by atoms with E-state index in [0.717, 1.165) is 33.1 Å². The molecule has 0 radical (unpaired) electrons. The Bertz CT molecular complexity index is 2690. The molecule has 0 N–H and O–H groups in total. The molecular formula is C42H24N2S2. The average Bonchev–Trinajstić information content (AvgIpc) is 3.70. The van der Waals surface area contributed by atoms with Crippen molar-refractivity contribution in [1.82, 2.24) is 9.97 Å². The maximum Gasteiger partial charge on any atom is 0.0972 e. The first-order valence-electron chi connectivity index (χ1n) is 15.4. The van der Waals surface area contributed by atoms with Gasteiger partial charge in [0.2, 0.25) is 0 Å². The molecule has 6 aromatic carbocycles. The molecule has 0 bridgehead atoms. The zero-order valence-corrected chi connectivity index (χ0v) is 26.2. The minimum atomic E-state index is 0.931. The van der Waals surface area contributed by atoms with Crippen LogP contribution >= 0.6 is 22.7 Å². The van der Waals surface area contributed by atoms with Crippen LogP contribution in [0.2, 0.25) is 0 Å². The van der Waals surface area contributed by atoms with Crippen molar-refractivity contribution in [2.45, 2.75) is 0 Å². The Kier molecular flexibility index (Phi) is 5.65. The van der Waals surface area contributed by atoms with Gasteiger partial charge in [-0.25, -0.2) is 4.98 Å². The van der Waals surface area contributed by atoms with Crippen molar-refractivity contribution in [2.75, 3.05) is 0 Å². The molecule has 0 fully saturated rings. The van der Waals surface area contributed by atoms with Crippen LogP contribution in [0.3, 0.4) is 0 Å². The van der Waals surface area contributed by atoms with E-state index in [4.69, 9.17) is 9.97 Å². The van der Waals surface area contributed by atoms with Crippen molar-refractivity contribution >= 4 is 84.8 Å². The van der Waals surface area contributed by atoms with Gasteiger partial charge in [-0.1, -0.05) is 97.1 Å². The van der Waals surface area contributed by atoms with Crippen LogP contribution in [0.4, 0.5) is 0 Å². The van der Waals surface area contributed by atoms with Gasteiger partial charge in [0.1, 0.15) is 0 Å². The predicted octanol–water partition coefficient (Wildman–Crippen LogP) is 12.5. The van der Waals surface area contributed by atoms with Crippen molar-refractivity contribution in [2.24, 2.45) is 0 Å². The lowest BCUT2D eigenvalue weighted by molar-refractivity contribution is 1.37. The summed E-state index contributed by atoms with van der Waals surface area (Å²) in [6.07, 6.45) is 1.85. The predicted molar refractivity (Wildman–Crippen MR) is 199 cm³/mol. The first-order valence-corrected chi connectivity index (χ1v) is 17.0. The third-order valence-corrected chi connectivity index (χ3v) is 11.5. The van der Waals surface area contributed by atoms with Gasteiger partial charge in [-0.3, -0.25) is 4.98 Å². The summed E-state index contributed by atoms with van der Waals surface area (Å²) in [4.78, 5) is 10.0. The SMILES string of the molecule is c1cnc2c(c1)ccc1ccc(-c3cc(-c4cccc5c4sc4ccccc45)cc(-c4cccc5c4sc4ccccc45)c3)nc12. The highest BCUT2D eigenvalue weighted by molar-refractivity contribution is 7.26. The van der Waals surface area contributed by atoms with E-state index in [1.54, 1.807) is 0 Å². The van der Waals surface area contributed by atoms with Crippen LogP contribution in [0.5, 0.6) is 0 Å². The molecule has 4 heteroatoms. The van der Waals surface area contributed by atoms with Crippen LogP contribution in [0, 0.1) is 0 Å². The molecule has 0 spiro atoms. The molecule has 0 aliphatic heterocycles. The third-order valence-electron chi connectivity index (χ3n) is 9.09. The molecule has 0 amide bonds. The van der Waals surface area contributed by atoms with Crippen LogP contribution in [-0.4, -0.2) is 9.97 Å². The molecule has 4 aromatic heterocycles. The third kappa shape index (κ3) is 3.94. The highest BCUT2D eigenvalue weighted by Gasteiger charge is 2.16. The Morgan fingerprint density at radius 2 is 0.957 bits per heavy atom. The summed E-state index contributed by atoms with van der Waals surface area (Å²) in [5.41, 5.74) is 8.79. The van der Waals surface area contributed by atoms with Crippen molar-refractivity contribution in [1.29, 1.82) is 0 Å². The van der Waals surface area contributed by atoms with Crippen molar-refractivity contribution in [3.63, 3.8) is 0 Å². The highest BCUT2D eigenvalue weighted by Crippen LogP contribution is 2.44. The summed E-state index contributed by atoms with van der Waals surface area (Å²) < 4.78 is 5.25. The smallest absolute Gasteiger partial charge is 0.0972 e. The molecule has 46 heavy (non-hydrogen) atoms. The Balaban J connectivity index is 1.27. The molecule has 0 aliphatic carbocycles. The number of thiophene rings is 2. The Morgan fingerprint density at radius 1 is 0.413 bits per heavy atom. The summed E-state index contributed by atoms with van der Waals surface area (Å²) in [5.74, 6) is 0. The van der Waals surface area contributed by atoms with E-state index in [1.165, 1.54) is 62.6 Å². The maximum atomic E-state index is 5.28. The molecule has 0 unspecified atom stereocenters. The van der Waals surface area contributed by atoms with Gasteiger partial charge in [0.15, 0.2) is 0 Å². The van der Waals surface area contributed by atoms with Crippen molar-refractivity contribution in [3.8, 4) is 33.5 Å². The molecule has 0 saturated carbocycles. The topological polar surface area (TPSA) is 25.8 Å². The fourth-order valence-corrected chi connectivity index (χ4v) is 9.40. The van der Waals surface area contributed by atoms with Gasteiger partial charge in [0.25, 0.3) is 0 Å². The van der Waals surface area contributed by atoms with Crippen LogP contribution in [0.1, 0.15) is 0 Å². The van der Waals surface area contributed by atoms with Gasteiger partial charge in [0, 0.05) is 62.9 Å². The summed E-state index contributed by atoms with van der Waals surface area (Å²) in [7, 11) is 0. The molecular weight excluding hydrogens is 597 g/mol. The molecule has 0 aliphatic rings. The zero-order valence-electron chi connectivity index (χ0n) is 24.6. The summed E-state index contributed by atoms with van der Waals surface area (Å²) >= 11 is 3.75. The highest BCUT2D eigenvalue weighted by atomic mass is 32.1. The Morgan fingerprint density at radius 3 is 1.61 bits per heavy atom. The standard InChI is InChI=1S/C42H24N2S2/c1-3-15-37-32(9-1)34-13-5-11-30(41(34)45-37)27-22-28(31-12-6-14-35-33-10-2-4-16-38(33)46-42(31)35)24-29(23-27)36-20-19-26-18-17-25-8-7-21-43-39(25)40(26)44-36/h1-24H. The maximum absolute atomic E-state index is 5.28. The number of rotatable bonds is 3. The molecule has 10 aromatic rings. The molecule has 214 valence electrons. The molecule has 2 nitrogen and oxygen atoms in total. The summed E-state index contributed by atoms with van der Waals surface area (Å²) in [5, 5.41) is 7.42. The van der Waals surface area contributed by atoms with Crippen LogP contribution in [0.15, 0.2) is 146 Å². The molecule has 4 heterocycles. The molecule has 10 rings (SSSR count). The number of nitrogens with zero attached hydrogens (tertiary/aromatic N) is 2. The normalized spacial score (nSPS) is 11.9. The quantitative estimate of drug-likeness (QED) is 0.184. The van der Waals surface area contributed by atoms with E-state index in [2.05, 4.69) is 133 Å². The number of aromatic nitrogens is 2. The van der Waals surface area contributed by atoms with Gasteiger partial charge >= 0.3 is 0 Å². The summed E-state index contributed by atoms with van der Waals surface area (Å²) in [6, 6.07) is 50.6. The number of benzene rings is 6. The monoisotopic (exact) mass is 620 g/mol. The van der Waals surface area contributed by atoms with E-state index in [1.807, 2.05) is 34.9 Å². The number of fused-ring (bicyclic) bond motifs is 9. The Labute approximate surface area is 272 Å². The number of pyridine rings is 2. The lowest BCUT2D eigenvalue weighted by atomic mass is 9.93. The van der Waals surface area contributed by atoms with Gasteiger partial charge in [0.05, 0.1) is 16.7 Å². The first-order chi connectivity index (χ1) is 22.8. The Hall–Kier alpha value is -5.42. The number of hydrogen-bond acceptors (Lipinski definition) is 4. The molecule has 0 atom stereocenters. The first kappa shape index (κ1) is 25.9. The lowest BCUT2D eigenvalue weighted by Crippen LogP contribution is -1.91. The second kappa shape index (κ2) is 10.0. The average molecular weight is 621 g/mol. The van der Waals surface area contributed by atoms with Crippen LogP contribution in [0.25, 0.3) is 95.7 Å². The minimum absolute atomic E-state index is 0.931. The molecule has 0 saturated heterocycles. The van der Waals surface area contributed by atoms with E-state index >= 15 is 0 Å². The van der Waals surface area contributed by atoms with E-state index in [0.29, 0.717) is 0 Å². The van der Waals surface area contributed by atoms with Crippen molar-refractivity contribution < 1.29 is 0 Å². The van der Waals surface area contributed by atoms with Gasteiger partial charge in [-0.05, 0) is 64.7 Å². The second-order valence-corrected chi connectivity index (χ2v) is 13.9. The fourth-order valence-electron chi connectivity index (χ4n) is 6.92. The van der Waals surface area contributed by atoms with Gasteiger partial charge in [-0.2, -0.15) is 0 Å². The van der Waals surface area contributed by atoms with Crippen molar-refractivity contribution in [3.05, 3.63) is 146 Å². The van der Waals surface area contributed by atoms with Gasteiger partial charge < -0.3 is 0 Å². The van der Waals surface area contributed by atoms with Crippen LogP contribution < -0.4 is 0 Å². The van der Waals surface area contributed by atoms with E-state index in [-0.39, 0.29) is 0 Å².